The molecule has 0 aliphatic carbocycles. The maximum Gasteiger partial charge on any atom is 0.339 e. The summed E-state index contributed by atoms with van der Waals surface area (Å²) in [5, 5.41) is 8.95. The van der Waals surface area contributed by atoms with Crippen molar-refractivity contribution in [2.75, 3.05) is 5.73 Å². The molecule has 0 aliphatic rings. The van der Waals surface area contributed by atoms with E-state index in [1.54, 1.807) is 25.1 Å². The summed E-state index contributed by atoms with van der Waals surface area (Å²) in [4.78, 5) is 14.7. The monoisotopic (exact) mass is 246 g/mol. The molecular formula is C13H11FN2O2. The number of carbonyl (C=O) groups is 1. The summed E-state index contributed by atoms with van der Waals surface area (Å²) in [5.74, 6) is -1.66. The number of aromatic nitrogens is 1. The van der Waals surface area contributed by atoms with Gasteiger partial charge < -0.3 is 10.8 Å². The summed E-state index contributed by atoms with van der Waals surface area (Å²) < 4.78 is 13.9. The van der Waals surface area contributed by atoms with Gasteiger partial charge in [-0.2, -0.15) is 0 Å². The Morgan fingerprint density at radius 3 is 2.83 bits per heavy atom. The van der Waals surface area contributed by atoms with Crippen molar-refractivity contribution in [2.24, 2.45) is 0 Å². The van der Waals surface area contributed by atoms with Crippen LogP contribution in [-0.2, 0) is 0 Å². The Bertz CT molecular complexity index is 626. The summed E-state index contributed by atoms with van der Waals surface area (Å²) in [5.41, 5.74) is 6.51. The number of rotatable bonds is 2. The number of hydrogen-bond donors (Lipinski definition) is 2. The maximum absolute atomic E-state index is 13.9. The van der Waals surface area contributed by atoms with E-state index in [1.807, 2.05) is 0 Å². The van der Waals surface area contributed by atoms with E-state index in [1.165, 1.54) is 12.3 Å². The van der Waals surface area contributed by atoms with E-state index in [0.717, 1.165) is 0 Å². The third kappa shape index (κ3) is 2.02. The number of hydrogen-bond acceptors (Lipinski definition) is 3. The van der Waals surface area contributed by atoms with E-state index < -0.39 is 5.97 Å². The number of nitrogen functional groups attached to an aromatic ring is 1. The number of benzene rings is 1. The van der Waals surface area contributed by atoms with Crippen LogP contribution in [0.5, 0.6) is 0 Å². The van der Waals surface area contributed by atoms with Crippen LogP contribution in [0.4, 0.5) is 10.2 Å². The predicted octanol–water partition coefficient (Wildman–Crippen LogP) is 2.48. The zero-order valence-corrected chi connectivity index (χ0v) is 9.64. The van der Waals surface area contributed by atoms with Crippen molar-refractivity contribution in [2.45, 2.75) is 6.92 Å². The number of nitrogens with zero attached hydrogens (tertiary/aromatic N) is 1. The van der Waals surface area contributed by atoms with Gasteiger partial charge in [-0.1, -0.05) is 18.2 Å². The topological polar surface area (TPSA) is 76.2 Å². The van der Waals surface area contributed by atoms with Crippen molar-refractivity contribution in [3.63, 3.8) is 0 Å². The molecule has 0 spiro atoms. The standard InChI is InChI=1S/C13H11FN2O2/c1-7-3-2-4-9(11(7)14)8-5-10(13(17)18)12(15)16-6-8/h2-6H,1H3,(H2,15,16)(H,17,18). The molecule has 0 atom stereocenters. The predicted molar refractivity (Wildman–Crippen MR) is 65.7 cm³/mol. The zero-order valence-electron chi connectivity index (χ0n) is 9.64. The van der Waals surface area contributed by atoms with Crippen molar-refractivity contribution in [1.29, 1.82) is 0 Å². The molecule has 1 aromatic carbocycles. The minimum atomic E-state index is -1.19. The van der Waals surface area contributed by atoms with E-state index in [4.69, 9.17) is 10.8 Å². The van der Waals surface area contributed by atoms with E-state index in [-0.39, 0.29) is 17.2 Å². The van der Waals surface area contributed by atoms with Gasteiger partial charge in [-0.05, 0) is 18.6 Å². The molecule has 0 aliphatic heterocycles. The van der Waals surface area contributed by atoms with Gasteiger partial charge in [-0.25, -0.2) is 14.2 Å². The lowest BCUT2D eigenvalue weighted by Gasteiger charge is -2.07. The van der Waals surface area contributed by atoms with Crippen molar-refractivity contribution >= 4 is 11.8 Å². The third-order valence-corrected chi connectivity index (χ3v) is 2.65. The molecule has 0 saturated carbocycles. The molecule has 1 aromatic heterocycles. The number of carboxylic acid groups (broad SMARTS) is 1. The highest BCUT2D eigenvalue weighted by Crippen LogP contribution is 2.26. The SMILES string of the molecule is Cc1cccc(-c2cnc(N)c(C(=O)O)c2)c1F. The maximum atomic E-state index is 13.9. The van der Waals surface area contributed by atoms with Crippen LogP contribution in [0.15, 0.2) is 30.5 Å². The highest BCUT2D eigenvalue weighted by Gasteiger charge is 2.13. The van der Waals surface area contributed by atoms with Gasteiger partial charge >= 0.3 is 5.97 Å². The fourth-order valence-corrected chi connectivity index (χ4v) is 1.66. The van der Waals surface area contributed by atoms with E-state index >= 15 is 0 Å². The smallest absolute Gasteiger partial charge is 0.339 e. The quantitative estimate of drug-likeness (QED) is 0.853. The molecule has 0 fully saturated rings. The van der Waals surface area contributed by atoms with Gasteiger partial charge in [-0.15, -0.1) is 0 Å². The molecule has 5 heteroatoms. The summed E-state index contributed by atoms with van der Waals surface area (Å²) in [6.07, 6.45) is 1.36. The molecule has 0 bridgehead atoms. The second-order valence-electron chi connectivity index (χ2n) is 3.90. The van der Waals surface area contributed by atoms with Crippen LogP contribution < -0.4 is 5.73 Å². The minimum Gasteiger partial charge on any atom is -0.478 e. The van der Waals surface area contributed by atoms with E-state index in [0.29, 0.717) is 16.7 Å². The number of carboxylic acids is 1. The molecule has 92 valence electrons. The zero-order chi connectivity index (χ0) is 13.3. The Morgan fingerprint density at radius 2 is 2.17 bits per heavy atom. The van der Waals surface area contributed by atoms with Crippen molar-refractivity contribution in [3.05, 3.63) is 47.4 Å². The Labute approximate surface area is 103 Å². The van der Waals surface area contributed by atoms with E-state index in [2.05, 4.69) is 4.98 Å². The fourth-order valence-electron chi connectivity index (χ4n) is 1.66. The highest BCUT2D eigenvalue weighted by atomic mass is 19.1. The number of aryl methyl sites for hydroxylation is 1. The van der Waals surface area contributed by atoms with Crippen LogP contribution in [0, 0.1) is 12.7 Å². The largest absolute Gasteiger partial charge is 0.478 e. The van der Waals surface area contributed by atoms with Crippen LogP contribution >= 0.6 is 0 Å². The molecule has 0 unspecified atom stereocenters. The fraction of sp³-hybridized carbons (Fsp3) is 0.0769. The Hall–Kier alpha value is -2.43. The average molecular weight is 246 g/mol. The molecule has 2 rings (SSSR count). The lowest BCUT2D eigenvalue weighted by molar-refractivity contribution is 0.0697. The second-order valence-corrected chi connectivity index (χ2v) is 3.90. The number of nitrogens with two attached hydrogens (primary N) is 1. The summed E-state index contributed by atoms with van der Waals surface area (Å²) >= 11 is 0. The van der Waals surface area contributed by atoms with Crippen LogP contribution in [0.3, 0.4) is 0 Å². The van der Waals surface area contributed by atoms with Crippen molar-refractivity contribution < 1.29 is 14.3 Å². The van der Waals surface area contributed by atoms with Gasteiger partial charge in [0.15, 0.2) is 0 Å². The van der Waals surface area contributed by atoms with Crippen LogP contribution in [-0.4, -0.2) is 16.1 Å². The van der Waals surface area contributed by atoms with Crippen LogP contribution in [0.2, 0.25) is 0 Å². The van der Waals surface area contributed by atoms with E-state index in [9.17, 15) is 9.18 Å². The third-order valence-electron chi connectivity index (χ3n) is 2.65. The van der Waals surface area contributed by atoms with Gasteiger partial charge in [0, 0.05) is 17.3 Å². The highest BCUT2D eigenvalue weighted by molar-refractivity contribution is 5.94. The number of aromatic carboxylic acids is 1. The van der Waals surface area contributed by atoms with Gasteiger partial charge in [0.05, 0.1) is 0 Å². The van der Waals surface area contributed by atoms with Crippen LogP contribution in [0.1, 0.15) is 15.9 Å². The lowest BCUT2D eigenvalue weighted by Crippen LogP contribution is -2.05. The number of pyridine rings is 1. The molecule has 0 radical (unpaired) electrons. The van der Waals surface area contributed by atoms with Gasteiger partial charge in [0.1, 0.15) is 17.2 Å². The number of anilines is 1. The molecule has 18 heavy (non-hydrogen) atoms. The Morgan fingerprint density at radius 1 is 1.44 bits per heavy atom. The second kappa shape index (κ2) is 4.44. The molecule has 0 amide bonds. The first kappa shape index (κ1) is 12.0. The van der Waals surface area contributed by atoms with Crippen molar-refractivity contribution in [1.82, 2.24) is 4.98 Å². The molecule has 0 saturated heterocycles. The lowest BCUT2D eigenvalue weighted by atomic mass is 10.0. The molecule has 4 nitrogen and oxygen atoms in total. The first-order chi connectivity index (χ1) is 8.50. The number of halogens is 1. The summed E-state index contributed by atoms with van der Waals surface area (Å²) in [7, 11) is 0. The van der Waals surface area contributed by atoms with Gasteiger partial charge in [-0.3, -0.25) is 0 Å². The van der Waals surface area contributed by atoms with Gasteiger partial charge in [0.25, 0.3) is 0 Å². The molecular weight excluding hydrogens is 235 g/mol. The molecule has 3 N–H and O–H groups in total. The Kier molecular flexibility index (Phi) is 2.97. The summed E-state index contributed by atoms with van der Waals surface area (Å²) in [6.45, 7) is 1.64. The first-order valence-electron chi connectivity index (χ1n) is 5.25. The Balaban J connectivity index is 2.62. The van der Waals surface area contributed by atoms with Crippen LogP contribution in [0.25, 0.3) is 11.1 Å². The normalized spacial score (nSPS) is 10.3. The molecule has 1 heterocycles. The van der Waals surface area contributed by atoms with Gasteiger partial charge in [0.2, 0.25) is 0 Å². The minimum absolute atomic E-state index is 0.0840. The average Bonchev–Trinajstić information content (AvgIpc) is 2.33. The first-order valence-corrected chi connectivity index (χ1v) is 5.25. The summed E-state index contributed by atoms with van der Waals surface area (Å²) in [6, 6.07) is 6.23. The van der Waals surface area contributed by atoms with Crippen molar-refractivity contribution in [3.8, 4) is 11.1 Å². The molecule has 2 aromatic rings.